The van der Waals surface area contributed by atoms with Crippen molar-refractivity contribution in [2.24, 2.45) is 5.41 Å². The number of nitrogens with zero attached hydrogens (tertiary/aromatic N) is 1. The number of ether oxygens (including phenoxy) is 2. The predicted octanol–water partition coefficient (Wildman–Crippen LogP) is 6.79. The number of anilines is 2. The van der Waals surface area contributed by atoms with Crippen molar-refractivity contribution < 1.29 is 28.5 Å². The maximum atomic E-state index is 11.5. The number of carboxylic acids is 1. The normalized spacial score (nSPS) is 20.4. The standard InChI is InChI=1S/C26H37NO6S/c1-5-7-13-26(6-2)17-27(20-11-9-8-10-12-20)21-14-23(33-19(3)4)22(32-16-25(28)29)15-24(21)34(30,31)18-26/h8-12,14-15,19,30-31H,5-7,13,16-18H2,1-4H3,(H,28,29). The molecule has 3 rings (SSSR count). The van der Waals surface area contributed by atoms with E-state index in [9.17, 15) is 13.9 Å². The molecule has 0 saturated heterocycles. The largest absolute Gasteiger partial charge is 0.487 e. The van der Waals surface area contributed by atoms with Crippen LogP contribution in [0.5, 0.6) is 11.5 Å². The van der Waals surface area contributed by atoms with E-state index in [1.165, 1.54) is 0 Å². The molecule has 2 aromatic rings. The Morgan fingerprint density at radius 3 is 2.44 bits per heavy atom. The van der Waals surface area contributed by atoms with Crippen LogP contribution in [0.1, 0.15) is 53.4 Å². The average molecular weight is 492 g/mol. The molecule has 34 heavy (non-hydrogen) atoms. The first-order valence-corrected chi connectivity index (χ1v) is 13.6. The van der Waals surface area contributed by atoms with E-state index in [0.29, 0.717) is 22.9 Å². The second-order valence-corrected chi connectivity index (χ2v) is 11.4. The number of hydrogen-bond acceptors (Lipinski definition) is 6. The van der Waals surface area contributed by atoms with E-state index in [4.69, 9.17) is 14.6 Å². The minimum absolute atomic E-state index is 0.180. The van der Waals surface area contributed by atoms with E-state index < -0.39 is 23.2 Å². The zero-order chi connectivity index (χ0) is 24.9. The fourth-order valence-corrected chi connectivity index (χ4v) is 6.75. The van der Waals surface area contributed by atoms with Crippen molar-refractivity contribution in [2.45, 2.75) is 64.4 Å². The Bertz CT molecular complexity index is 981. The van der Waals surface area contributed by atoms with E-state index >= 15 is 0 Å². The summed E-state index contributed by atoms with van der Waals surface area (Å²) in [5.41, 5.74) is 1.30. The molecule has 1 aliphatic heterocycles. The van der Waals surface area contributed by atoms with Crippen molar-refractivity contribution in [3.05, 3.63) is 42.5 Å². The third kappa shape index (κ3) is 5.98. The molecule has 0 spiro atoms. The summed E-state index contributed by atoms with van der Waals surface area (Å²) in [5.74, 6) is -0.299. The molecule has 3 N–H and O–H groups in total. The third-order valence-corrected chi connectivity index (χ3v) is 8.31. The van der Waals surface area contributed by atoms with Crippen LogP contribution in [0.3, 0.4) is 0 Å². The van der Waals surface area contributed by atoms with Gasteiger partial charge in [0.15, 0.2) is 18.1 Å². The molecule has 0 saturated carbocycles. The Morgan fingerprint density at radius 2 is 1.85 bits per heavy atom. The lowest BCUT2D eigenvalue weighted by Crippen LogP contribution is -2.37. The lowest BCUT2D eigenvalue weighted by molar-refractivity contribution is -0.139. The first-order chi connectivity index (χ1) is 16.1. The molecule has 0 radical (unpaired) electrons. The van der Waals surface area contributed by atoms with E-state index in [0.717, 1.165) is 31.4 Å². The Hall–Kier alpha value is -2.42. The van der Waals surface area contributed by atoms with Crippen molar-refractivity contribution in [3.63, 3.8) is 0 Å². The highest BCUT2D eigenvalue weighted by Gasteiger charge is 2.42. The van der Waals surface area contributed by atoms with Gasteiger partial charge in [0, 0.05) is 35.5 Å². The van der Waals surface area contributed by atoms with Crippen molar-refractivity contribution in [2.75, 3.05) is 23.8 Å². The molecular formula is C26H37NO6S. The monoisotopic (exact) mass is 491 g/mol. The molecule has 1 atom stereocenters. The third-order valence-electron chi connectivity index (χ3n) is 6.26. The van der Waals surface area contributed by atoms with Crippen LogP contribution < -0.4 is 14.4 Å². The van der Waals surface area contributed by atoms with Gasteiger partial charge in [0.1, 0.15) is 0 Å². The topological polar surface area (TPSA) is 99.5 Å². The van der Waals surface area contributed by atoms with Crippen LogP contribution in [-0.4, -0.2) is 45.2 Å². The zero-order valence-electron chi connectivity index (χ0n) is 20.5. The van der Waals surface area contributed by atoms with Gasteiger partial charge in [0.25, 0.3) is 0 Å². The maximum Gasteiger partial charge on any atom is 0.341 e. The maximum absolute atomic E-state index is 11.5. The van der Waals surface area contributed by atoms with Crippen LogP contribution in [0, 0.1) is 5.41 Å². The molecule has 0 amide bonds. The number of aliphatic carboxylic acids is 1. The highest BCUT2D eigenvalue weighted by atomic mass is 32.3. The van der Waals surface area contributed by atoms with E-state index in [2.05, 4.69) is 18.7 Å². The number of carboxylic acid groups (broad SMARTS) is 1. The van der Waals surface area contributed by atoms with E-state index in [1.54, 1.807) is 12.1 Å². The van der Waals surface area contributed by atoms with Gasteiger partial charge in [0.05, 0.1) is 16.7 Å². The summed E-state index contributed by atoms with van der Waals surface area (Å²) < 4.78 is 34.5. The SMILES string of the molecule is CCCCC1(CC)CN(c2ccccc2)c2cc(OC(C)C)c(OCC(=O)O)cc2S(O)(O)C1. The fraction of sp³-hybridized carbons (Fsp3) is 0.500. The first kappa shape index (κ1) is 26.2. The van der Waals surface area contributed by atoms with Crippen molar-refractivity contribution in [1.82, 2.24) is 0 Å². The Morgan fingerprint density at radius 1 is 1.15 bits per heavy atom. The van der Waals surface area contributed by atoms with Gasteiger partial charge in [-0.3, -0.25) is 9.11 Å². The summed E-state index contributed by atoms with van der Waals surface area (Å²) in [6, 6.07) is 13.2. The van der Waals surface area contributed by atoms with E-state index in [-0.39, 0.29) is 23.0 Å². The number of benzene rings is 2. The number of carbonyl (C=O) groups is 1. The van der Waals surface area contributed by atoms with Gasteiger partial charge in [-0.25, -0.2) is 4.79 Å². The molecule has 0 aliphatic carbocycles. The Kier molecular flexibility index (Phi) is 8.38. The number of rotatable bonds is 10. The summed E-state index contributed by atoms with van der Waals surface area (Å²) >= 11 is 0. The van der Waals surface area contributed by atoms with Crippen LogP contribution in [-0.2, 0) is 4.79 Å². The molecule has 8 heteroatoms. The van der Waals surface area contributed by atoms with Crippen molar-refractivity contribution in [1.29, 1.82) is 0 Å². The Labute approximate surface area is 204 Å². The number of fused-ring (bicyclic) bond motifs is 1. The first-order valence-electron chi connectivity index (χ1n) is 11.9. The summed E-state index contributed by atoms with van der Waals surface area (Å²) in [7, 11) is -3.20. The van der Waals surface area contributed by atoms with Gasteiger partial charge in [-0.1, -0.05) is 44.9 Å². The van der Waals surface area contributed by atoms with Crippen LogP contribution >= 0.6 is 10.6 Å². The minimum Gasteiger partial charge on any atom is -0.487 e. The summed E-state index contributed by atoms with van der Waals surface area (Å²) in [6.45, 7) is 8.09. The molecular weight excluding hydrogens is 454 g/mol. The number of unbranched alkanes of at least 4 members (excludes halogenated alkanes) is 1. The molecule has 2 aromatic carbocycles. The van der Waals surface area contributed by atoms with Gasteiger partial charge in [-0.15, -0.1) is 0 Å². The van der Waals surface area contributed by atoms with Gasteiger partial charge in [-0.2, -0.15) is 10.6 Å². The van der Waals surface area contributed by atoms with Crippen LogP contribution in [0.15, 0.2) is 47.4 Å². The fourth-order valence-electron chi connectivity index (χ4n) is 4.50. The second-order valence-electron chi connectivity index (χ2n) is 9.31. The quantitative estimate of drug-likeness (QED) is 0.337. The van der Waals surface area contributed by atoms with Crippen LogP contribution in [0.2, 0.25) is 0 Å². The molecule has 0 aromatic heterocycles. The lowest BCUT2D eigenvalue weighted by atomic mass is 9.81. The molecule has 188 valence electrons. The molecule has 1 heterocycles. The smallest absolute Gasteiger partial charge is 0.341 e. The highest BCUT2D eigenvalue weighted by molar-refractivity contribution is 8.24. The molecule has 1 aliphatic rings. The van der Waals surface area contributed by atoms with Gasteiger partial charge >= 0.3 is 5.97 Å². The Balaban J connectivity index is 2.23. The molecule has 0 fully saturated rings. The van der Waals surface area contributed by atoms with Gasteiger partial charge < -0.3 is 19.5 Å². The lowest BCUT2D eigenvalue weighted by Gasteiger charge is -2.41. The van der Waals surface area contributed by atoms with Gasteiger partial charge in [0.2, 0.25) is 0 Å². The van der Waals surface area contributed by atoms with Crippen LogP contribution in [0.4, 0.5) is 11.4 Å². The summed E-state index contributed by atoms with van der Waals surface area (Å²) in [5, 5.41) is 9.14. The number of hydrogen-bond donors (Lipinski definition) is 3. The second kappa shape index (κ2) is 10.9. The summed E-state index contributed by atoms with van der Waals surface area (Å²) in [4.78, 5) is 13.7. The summed E-state index contributed by atoms with van der Waals surface area (Å²) in [6.07, 6.45) is 3.53. The highest BCUT2D eigenvalue weighted by Crippen LogP contribution is 2.62. The zero-order valence-corrected chi connectivity index (χ0v) is 21.3. The van der Waals surface area contributed by atoms with Crippen molar-refractivity contribution >= 4 is 27.9 Å². The van der Waals surface area contributed by atoms with E-state index in [1.807, 2.05) is 44.2 Å². The molecule has 1 unspecified atom stereocenters. The van der Waals surface area contributed by atoms with Crippen LogP contribution in [0.25, 0.3) is 0 Å². The average Bonchev–Trinajstić information content (AvgIpc) is 2.88. The predicted molar refractivity (Wildman–Crippen MR) is 137 cm³/mol. The van der Waals surface area contributed by atoms with Crippen molar-refractivity contribution in [3.8, 4) is 11.5 Å². The number of para-hydroxylation sites is 1. The molecule has 0 bridgehead atoms. The molecule has 7 nitrogen and oxygen atoms in total. The van der Waals surface area contributed by atoms with Gasteiger partial charge in [-0.05, 0) is 38.8 Å². The minimum atomic E-state index is -3.20.